The fourth-order valence-electron chi connectivity index (χ4n) is 3.99. The lowest BCUT2D eigenvalue weighted by Crippen LogP contribution is -2.36. The van der Waals surface area contributed by atoms with E-state index in [2.05, 4.69) is 15.5 Å². The lowest BCUT2D eigenvalue weighted by molar-refractivity contribution is -0.384. The zero-order valence-corrected chi connectivity index (χ0v) is 17.0. The van der Waals surface area contributed by atoms with Gasteiger partial charge in [0, 0.05) is 44.4 Å². The Morgan fingerprint density at radius 3 is 2.72 bits per heavy atom. The number of nitrogens with zero attached hydrogens (tertiary/aromatic N) is 5. The third-order valence-corrected chi connectivity index (χ3v) is 5.55. The van der Waals surface area contributed by atoms with Crippen molar-refractivity contribution in [3.8, 4) is 0 Å². The first-order chi connectivity index (χ1) is 15.2. The lowest BCUT2D eigenvalue weighted by Gasteiger charge is -2.34. The number of non-ortho nitro benzene ring substituents is 1. The van der Waals surface area contributed by atoms with Crippen LogP contribution in [0.15, 0.2) is 36.5 Å². The number of nitro groups is 1. The minimum Gasteiger partial charge on any atom is -0.370 e. The van der Waals surface area contributed by atoms with Crippen LogP contribution >= 0.6 is 0 Å². The number of hydrogen-bond acceptors (Lipinski definition) is 6. The Kier molecular flexibility index (Phi) is 5.45. The molecule has 0 bridgehead atoms. The maximum atomic E-state index is 13.2. The van der Waals surface area contributed by atoms with Crippen LogP contribution in [0.2, 0.25) is 0 Å². The van der Waals surface area contributed by atoms with Crippen LogP contribution in [0, 0.1) is 10.1 Å². The van der Waals surface area contributed by atoms with Crippen LogP contribution in [-0.4, -0.2) is 45.6 Å². The number of nitro benzene ring substituents is 1. The predicted molar refractivity (Wildman–Crippen MR) is 109 cm³/mol. The van der Waals surface area contributed by atoms with Gasteiger partial charge in [-0.15, -0.1) is 10.2 Å². The topological polar surface area (TPSA) is 106 Å². The van der Waals surface area contributed by atoms with Crippen molar-refractivity contribution < 1.29 is 22.9 Å². The molecule has 1 unspecified atom stereocenters. The number of benzene rings is 1. The van der Waals surface area contributed by atoms with Crippen LogP contribution in [-0.2, 0) is 6.18 Å². The Labute approximate surface area is 180 Å². The third kappa shape index (κ3) is 3.95. The van der Waals surface area contributed by atoms with Gasteiger partial charge in [0.1, 0.15) is 5.82 Å². The van der Waals surface area contributed by atoms with Gasteiger partial charge in [-0.25, -0.2) is 0 Å². The van der Waals surface area contributed by atoms with Gasteiger partial charge in [0.2, 0.25) is 0 Å². The van der Waals surface area contributed by atoms with Crippen molar-refractivity contribution in [3.63, 3.8) is 0 Å². The highest BCUT2D eigenvalue weighted by Gasteiger charge is 2.33. The van der Waals surface area contributed by atoms with Gasteiger partial charge in [0.15, 0.2) is 5.65 Å². The number of piperidine rings is 1. The lowest BCUT2D eigenvalue weighted by atomic mass is 9.95. The van der Waals surface area contributed by atoms with E-state index in [1.165, 1.54) is 35.7 Å². The molecule has 0 spiro atoms. The van der Waals surface area contributed by atoms with Crippen molar-refractivity contribution in [1.82, 2.24) is 19.9 Å². The number of aromatic nitrogens is 3. The Morgan fingerprint density at radius 2 is 2.03 bits per heavy atom. The van der Waals surface area contributed by atoms with Crippen LogP contribution in [0.1, 0.15) is 40.5 Å². The highest BCUT2D eigenvalue weighted by atomic mass is 19.4. The first-order valence-corrected chi connectivity index (χ1v) is 9.86. The molecule has 2 aromatic heterocycles. The number of nitrogens with one attached hydrogen (secondary N) is 1. The monoisotopic (exact) mass is 448 g/mol. The Morgan fingerprint density at radius 1 is 1.25 bits per heavy atom. The summed E-state index contributed by atoms with van der Waals surface area (Å²) < 4.78 is 40.9. The van der Waals surface area contributed by atoms with Gasteiger partial charge in [0.25, 0.3) is 11.6 Å². The molecule has 9 nitrogen and oxygen atoms in total. The van der Waals surface area contributed by atoms with E-state index in [0.29, 0.717) is 43.1 Å². The molecule has 1 aromatic carbocycles. The largest absolute Gasteiger partial charge is 0.417 e. The number of carbonyl (C=O) groups is 1. The Hall–Kier alpha value is -3.70. The second kappa shape index (κ2) is 8.09. The number of anilines is 1. The quantitative estimate of drug-likeness (QED) is 0.485. The zero-order valence-electron chi connectivity index (χ0n) is 17.0. The van der Waals surface area contributed by atoms with Gasteiger partial charge < -0.3 is 10.2 Å². The maximum Gasteiger partial charge on any atom is 0.417 e. The molecule has 3 aromatic rings. The van der Waals surface area contributed by atoms with E-state index in [4.69, 9.17) is 0 Å². The molecule has 1 atom stereocenters. The molecule has 0 saturated carbocycles. The summed E-state index contributed by atoms with van der Waals surface area (Å²) in [6, 6.07) is 6.31. The summed E-state index contributed by atoms with van der Waals surface area (Å²) in [5.74, 6) is -0.303. The van der Waals surface area contributed by atoms with Gasteiger partial charge in [0.05, 0.1) is 21.7 Å². The van der Waals surface area contributed by atoms with Crippen LogP contribution in [0.4, 0.5) is 24.5 Å². The average molecular weight is 448 g/mol. The van der Waals surface area contributed by atoms with Gasteiger partial charge in [-0.2, -0.15) is 13.2 Å². The molecule has 168 valence electrons. The zero-order chi connectivity index (χ0) is 23.0. The molecule has 1 N–H and O–H groups in total. The minimum absolute atomic E-state index is 0.160. The molecule has 3 heterocycles. The van der Waals surface area contributed by atoms with E-state index in [9.17, 15) is 28.1 Å². The molecule has 1 aliphatic rings. The van der Waals surface area contributed by atoms with Gasteiger partial charge in [-0.05, 0) is 31.0 Å². The number of hydrogen-bond donors (Lipinski definition) is 1. The van der Waals surface area contributed by atoms with E-state index in [1.54, 1.807) is 0 Å². The van der Waals surface area contributed by atoms with Crippen molar-refractivity contribution in [2.24, 2.45) is 0 Å². The van der Waals surface area contributed by atoms with Gasteiger partial charge in [-0.1, -0.05) is 0 Å². The number of amides is 1. The number of alkyl halides is 3. The fourth-order valence-corrected chi connectivity index (χ4v) is 3.99. The molecular weight excluding hydrogens is 429 g/mol. The number of pyridine rings is 1. The summed E-state index contributed by atoms with van der Waals surface area (Å²) >= 11 is 0. The normalized spacial score (nSPS) is 16.9. The van der Waals surface area contributed by atoms with Gasteiger partial charge >= 0.3 is 6.18 Å². The van der Waals surface area contributed by atoms with Crippen molar-refractivity contribution >= 4 is 22.9 Å². The van der Waals surface area contributed by atoms with E-state index in [0.717, 1.165) is 12.3 Å². The second-order valence-corrected chi connectivity index (χ2v) is 7.52. The smallest absolute Gasteiger partial charge is 0.370 e. The molecule has 4 rings (SSSR count). The van der Waals surface area contributed by atoms with Crippen LogP contribution < -0.4 is 10.2 Å². The van der Waals surface area contributed by atoms with E-state index in [1.807, 2.05) is 4.90 Å². The standard InChI is InChI=1S/C20H19F3N6O3/c1-24-19(30)15-9-14(29(31)32)5-6-16(15)27-8-2-3-12(10-27)18-26-25-17-7-4-13(11-28(17)18)20(21,22)23/h4-7,9,11-12H,2-3,8,10H2,1H3,(H,24,30). The molecular formula is C20H19F3N6O3. The first kappa shape index (κ1) is 21.5. The minimum atomic E-state index is -4.49. The summed E-state index contributed by atoms with van der Waals surface area (Å²) in [4.78, 5) is 24.8. The van der Waals surface area contributed by atoms with E-state index >= 15 is 0 Å². The number of carbonyl (C=O) groups excluding carboxylic acids is 1. The third-order valence-electron chi connectivity index (χ3n) is 5.55. The fraction of sp³-hybridized carbons (Fsp3) is 0.350. The Bertz CT molecular complexity index is 1190. The van der Waals surface area contributed by atoms with E-state index in [-0.39, 0.29) is 17.2 Å². The summed E-state index contributed by atoms with van der Waals surface area (Å²) in [7, 11) is 1.44. The number of fused-ring (bicyclic) bond motifs is 1. The van der Waals surface area contributed by atoms with Crippen molar-refractivity contribution in [1.29, 1.82) is 0 Å². The molecule has 1 amide bonds. The van der Waals surface area contributed by atoms with Crippen LogP contribution in [0.3, 0.4) is 0 Å². The second-order valence-electron chi connectivity index (χ2n) is 7.52. The molecule has 12 heteroatoms. The molecule has 1 aliphatic heterocycles. The molecule has 0 aliphatic carbocycles. The molecule has 32 heavy (non-hydrogen) atoms. The van der Waals surface area contributed by atoms with Crippen molar-refractivity contribution in [2.75, 3.05) is 25.0 Å². The number of halogens is 3. The molecule has 1 saturated heterocycles. The number of rotatable bonds is 4. The first-order valence-electron chi connectivity index (χ1n) is 9.86. The highest BCUT2D eigenvalue weighted by molar-refractivity contribution is 6.00. The molecule has 0 radical (unpaired) electrons. The Balaban J connectivity index is 1.69. The van der Waals surface area contributed by atoms with Crippen molar-refractivity contribution in [2.45, 2.75) is 24.9 Å². The van der Waals surface area contributed by atoms with Gasteiger partial charge in [-0.3, -0.25) is 19.3 Å². The predicted octanol–water partition coefficient (Wildman–Crippen LogP) is 3.40. The summed E-state index contributed by atoms with van der Waals surface area (Å²) in [6.45, 7) is 0.960. The average Bonchev–Trinajstić information content (AvgIpc) is 3.21. The van der Waals surface area contributed by atoms with Crippen molar-refractivity contribution in [3.05, 3.63) is 63.6 Å². The maximum absolute atomic E-state index is 13.2. The SMILES string of the molecule is CNC(=O)c1cc([N+](=O)[O-])ccc1N1CCCC(c2nnc3ccc(C(F)(F)F)cn23)C1. The summed E-state index contributed by atoms with van der Waals surface area (Å²) in [5.41, 5.74) is -0.0104. The van der Waals surface area contributed by atoms with Crippen LogP contribution in [0.25, 0.3) is 5.65 Å². The van der Waals surface area contributed by atoms with Crippen LogP contribution in [0.5, 0.6) is 0 Å². The summed E-state index contributed by atoms with van der Waals surface area (Å²) in [5, 5.41) is 21.8. The van der Waals surface area contributed by atoms with E-state index < -0.39 is 22.6 Å². The highest BCUT2D eigenvalue weighted by Crippen LogP contribution is 2.34. The molecule has 1 fully saturated rings. The summed E-state index contributed by atoms with van der Waals surface area (Å²) in [6.07, 6.45) is -2.13.